The molecule has 82 valence electrons. The van der Waals surface area contributed by atoms with E-state index in [1.54, 1.807) is 19.2 Å². The van der Waals surface area contributed by atoms with Crippen LogP contribution in [-0.2, 0) is 0 Å². The van der Waals surface area contributed by atoms with Crippen LogP contribution in [0.2, 0.25) is 0 Å². The molecule has 0 aliphatic carbocycles. The van der Waals surface area contributed by atoms with Crippen LogP contribution >= 0.6 is 0 Å². The first-order valence-electron chi connectivity index (χ1n) is 4.63. The molecule has 0 saturated heterocycles. The highest BCUT2D eigenvalue weighted by Crippen LogP contribution is 2.22. The van der Waals surface area contributed by atoms with E-state index < -0.39 is 11.9 Å². The maximum atomic E-state index is 12.8. The summed E-state index contributed by atoms with van der Waals surface area (Å²) in [5, 5.41) is 8.75. The first kappa shape index (κ1) is 10.4. The molecule has 0 unspecified atom stereocenters. The number of aryl methyl sites for hydroxylation is 1. The third-order valence-electron chi connectivity index (χ3n) is 2.28. The van der Waals surface area contributed by atoms with Gasteiger partial charge in [-0.05, 0) is 25.1 Å². The van der Waals surface area contributed by atoms with E-state index in [1.807, 2.05) is 0 Å². The molecule has 5 heteroatoms. The summed E-state index contributed by atoms with van der Waals surface area (Å²) in [7, 11) is 0. The van der Waals surface area contributed by atoms with Gasteiger partial charge in [-0.2, -0.15) is 4.39 Å². The van der Waals surface area contributed by atoms with Crippen molar-refractivity contribution >= 4 is 5.97 Å². The van der Waals surface area contributed by atoms with E-state index in [0.717, 1.165) is 0 Å². The highest BCUT2D eigenvalue weighted by atomic mass is 19.1. The van der Waals surface area contributed by atoms with Crippen molar-refractivity contribution in [1.29, 1.82) is 0 Å². The Balaban J connectivity index is 2.46. The minimum atomic E-state index is -1.03. The van der Waals surface area contributed by atoms with Gasteiger partial charge in [0.1, 0.15) is 5.69 Å². The lowest BCUT2D eigenvalue weighted by Crippen LogP contribution is -1.94. The van der Waals surface area contributed by atoms with Crippen LogP contribution in [0.3, 0.4) is 0 Å². The van der Waals surface area contributed by atoms with Gasteiger partial charge in [0.25, 0.3) is 0 Å². The lowest BCUT2D eigenvalue weighted by Gasteiger charge is -2.01. The first-order valence-corrected chi connectivity index (χ1v) is 4.63. The number of aromatic nitrogens is 2. The molecule has 16 heavy (non-hydrogen) atoms. The molecule has 0 atom stereocenters. The number of carboxylic acids is 1. The molecule has 2 rings (SSSR count). The van der Waals surface area contributed by atoms with Crippen LogP contribution in [0.4, 0.5) is 4.39 Å². The van der Waals surface area contributed by atoms with Gasteiger partial charge in [-0.1, -0.05) is 0 Å². The van der Waals surface area contributed by atoms with E-state index in [9.17, 15) is 9.18 Å². The number of H-pyrrole nitrogens is 1. The first-order chi connectivity index (χ1) is 7.58. The van der Waals surface area contributed by atoms with Crippen molar-refractivity contribution in [3.63, 3.8) is 0 Å². The number of carboxylic acid groups (broad SMARTS) is 1. The molecule has 2 aromatic rings. The van der Waals surface area contributed by atoms with Crippen molar-refractivity contribution in [3.8, 4) is 11.1 Å². The Morgan fingerprint density at radius 3 is 2.81 bits per heavy atom. The third-order valence-corrected chi connectivity index (χ3v) is 2.28. The average molecular weight is 220 g/mol. The van der Waals surface area contributed by atoms with Crippen molar-refractivity contribution in [2.24, 2.45) is 0 Å². The number of hydrogen-bond donors (Lipinski definition) is 2. The quantitative estimate of drug-likeness (QED) is 0.762. The minimum Gasteiger partial charge on any atom is -0.477 e. The predicted octanol–water partition coefficient (Wildman–Crippen LogP) is 2.22. The summed E-state index contributed by atoms with van der Waals surface area (Å²) in [4.78, 5) is 17.0. The third kappa shape index (κ3) is 1.79. The van der Waals surface area contributed by atoms with Crippen molar-refractivity contribution in [1.82, 2.24) is 9.97 Å². The summed E-state index contributed by atoms with van der Waals surface area (Å²) < 4.78 is 12.8. The highest BCUT2D eigenvalue weighted by Gasteiger charge is 2.10. The summed E-state index contributed by atoms with van der Waals surface area (Å²) >= 11 is 0. The molecule has 0 aliphatic rings. The minimum absolute atomic E-state index is 0.0960. The Hall–Kier alpha value is -2.17. The lowest BCUT2D eigenvalue weighted by atomic mass is 10.1. The monoisotopic (exact) mass is 220 g/mol. The van der Waals surface area contributed by atoms with E-state index in [-0.39, 0.29) is 5.69 Å². The number of pyridine rings is 1. The summed E-state index contributed by atoms with van der Waals surface area (Å²) in [5.74, 6) is -1.57. The SMILES string of the molecule is Cc1nc(F)ccc1-c1c[nH]c(C(=O)O)c1. The molecule has 2 N–H and O–H groups in total. The maximum absolute atomic E-state index is 12.8. The van der Waals surface area contributed by atoms with E-state index in [4.69, 9.17) is 5.11 Å². The molecule has 0 fully saturated rings. The van der Waals surface area contributed by atoms with Gasteiger partial charge in [0.2, 0.25) is 5.95 Å². The van der Waals surface area contributed by atoms with Crippen molar-refractivity contribution in [2.45, 2.75) is 6.92 Å². The lowest BCUT2D eigenvalue weighted by molar-refractivity contribution is 0.0691. The van der Waals surface area contributed by atoms with Crippen LogP contribution in [0, 0.1) is 12.9 Å². The van der Waals surface area contributed by atoms with E-state index in [0.29, 0.717) is 16.8 Å². The summed E-state index contributed by atoms with van der Waals surface area (Å²) in [6, 6.07) is 4.31. The van der Waals surface area contributed by atoms with Crippen molar-refractivity contribution in [2.75, 3.05) is 0 Å². The number of rotatable bonds is 2. The van der Waals surface area contributed by atoms with Gasteiger partial charge in [-0.3, -0.25) is 0 Å². The van der Waals surface area contributed by atoms with Gasteiger partial charge >= 0.3 is 5.97 Å². The maximum Gasteiger partial charge on any atom is 0.352 e. The molecule has 0 saturated carbocycles. The van der Waals surface area contributed by atoms with Gasteiger partial charge < -0.3 is 10.1 Å². The van der Waals surface area contributed by atoms with E-state index in [1.165, 1.54) is 12.1 Å². The smallest absolute Gasteiger partial charge is 0.352 e. The topological polar surface area (TPSA) is 66.0 Å². The normalized spacial score (nSPS) is 10.4. The second-order valence-corrected chi connectivity index (χ2v) is 3.37. The molecule has 0 aromatic carbocycles. The Morgan fingerprint density at radius 1 is 1.50 bits per heavy atom. The molecule has 2 aromatic heterocycles. The number of aromatic amines is 1. The number of hydrogen-bond acceptors (Lipinski definition) is 2. The molecule has 0 radical (unpaired) electrons. The number of nitrogens with zero attached hydrogens (tertiary/aromatic N) is 1. The van der Waals surface area contributed by atoms with Gasteiger partial charge in [-0.25, -0.2) is 9.78 Å². The van der Waals surface area contributed by atoms with Crippen LogP contribution in [-0.4, -0.2) is 21.0 Å². The fourth-order valence-electron chi connectivity index (χ4n) is 1.51. The molecule has 2 heterocycles. The van der Waals surface area contributed by atoms with Crippen LogP contribution in [0.1, 0.15) is 16.2 Å². The standard InChI is InChI=1S/C11H9FN2O2/c1-6-8(2-3-10(12)14-6)7-4-9(11(15)16)13-5-7/h2-5,13H,1H3,(H,15,16). The number of nitrogens with one attached hydrogen (secondary N) is 1. The van der Waals surface area contributed by atoms with Gasteiger partial charge in [0.15, 0.2) is 0 Å². The van der Waals surface area contributed by atoms with Crippen molar-refractivity contribution < 1.29 is 14.3 Å². The number of carbonyl (C=O) groups is 1. The molecule has 0 amide bonds. The van der Waals surface area contributed by atoms with Gasteiger partial charge in [0.05, 0.1) is 0 Å². The molecule has 0 spiro atoms. The van der Waals surface area contributed by atoms with Crippen LogP contribution in [0.15, 0.2) is 24.4 Å². The molecule has 4 nitrogen and oxygen atoms in total. The summed E-state index contributed by atoms with van der Waals surface area (Å²) in [6.07, 6.45) is 1.56. The number of aromatic carboxylic acids is 1. The second-order valence-electron chi connectivity index (χ2n) is 3.37. The predicted molar refractivity (Wildman–Crippen MR) is 55.7 cm³/mol. The van der Waals surface area contributed by atoms with Crippen LogP contribution in [0.5, 0.6) is 0 Å². The Morgan fingerprint density at radius 2 is 2.25 bits per heavy atom. The van der Waals surface area contributed by atoms with Crippen LogP contribution < -0.4 is 0 Å². The second kappa shape index (κ2) is 3.77. The zero-order valence-corrected chi connectivity index (χ0v) is 8.49. The zero-order valence-electron chi connectivity index (χ0n) is 8.49. The zero-order chi connectivity index (χ0) is 11.7. The van der Waals surface area contributed by atoms with E-state index in [2.05, 4.69) is 9.97 Å². The van der Waals surface area contributed by atoms with Gasteiger partial charge in [-0.15, -0.1) is 0 Å². The van der Waals surface area contributed by atoms with E-state index >= 15 is 0 Å². The summed E-state index contributed by atoms with van der Waals surface area (Å²) in [5.41, 5.74) is 2.02. The average Bonchev–Trinajstić information content (AvgIpc) is 2.66. The van der Waals surface area contributed by atoms with Crippen molar-refractivity contribution in [3.05, 3.63) is 41.7 Å². The fraction of sp³-hybridized carbons (Fsp3) is 0.0909. The molecule has 0 bridgehead atoms. The Labute approximate surface area is 90.8 Å². The largest absolute Gasteiger partial charge is 0.477 e. The highest BCUT2D eigenvalue weighted by molar-refractivity contribution is 5.87. The van der Waals surface area contributed by atoms with Gasteiger partial charge in [0, 0.05) is 23.0 Å². The number of halogens is 1. The summed E-state index contributed by atoms with van der Waals surface area (Å²) in [6.45, 7) is 1.67. The molecular weight excluding hydrogens is 211 g/mol. The molecular formula is C11H9FN2O2. The van der Waals surface area contributed by atoms with Crippen LogP contribution in [0.25, 0.3) is 11.1 Å². The molecule has 0 aliphatic heterocycles. The Bertz CT molecular complexity index is 549. The Kier molecular flexibility index (Phi) is 2.44. The fourth-order valence-corrected chi connectivity index (χ4v) is 1.51.